The normalized spacial score (nSPS) is 15.0. The molecule has 4 rings (SSSR count). The third-order valence-electron chi connectivity index (χ3n) is 5.60. The molecule has 1 atom stereocenters. The molecule has 1 aliphatic heterocycles. The molecule has 1 unspecified atom stereocenters. The number of ether oxygens (including phenoxy) is 1. The molecule has 0 radical (unpaired) electrons. The number of carbonyl (C=O) groups is 3. The van der Waals surface area contributed by atoms with Crippen LogP contribution >= 0.6 is 23.2 Å². The first-order valence-corrected chi connectivity index (χ1v) is 11.4. The van der Waals surface area contributed by atoms with E-state index in [1.54, 1.807) is 24.3 Å². The summed E-state index contributed by atoms with van der Waals surface area (Å²) in [5.41, 5.74) is 9.03. The van der Waals surface area contributed by atoms with Crippen molar-refractivity contribution in [3.05, 3.63) is 63.3 Å². The molecule has 34 heavy (non-hydrogen) atoms. The molecule has 1 aromatic heterocycles. The molecule has 0 saturated heterocycles. The van der Waals surface area contributed by atoms with Crippen molar-refractivity contribution in [3.63, 3.8) is 0 Å². The van der Waals surface area contributed by atoms with E-state index < -0.39 is 12.3 Å². The summed E-state index contributed by atoms with van der Waals surface area (Å²) >= 11 is 12.3. The predicted octanol–water partition coefficient (Wildman–Crippen LogP) is 3.70. The van der Waals surface area contributed by atoms with Crippen LogP contribution in [0.4, 0.5) is 10.5 Å². The Labute approximate surface area is 205 Å². The molecule has 9 nitrogen and oxygen atoms in total. The van der Waals surface area contributed by atoms with Crippen LogP contribution in [-0.2, 0) is 27.3 Å². The van der Waals surface area contributed by atoms with Gasteiger partial charge in [-0.15, -0.1) is 0 Å². The Kier molecular flexibility index (Phi) is 7.26. The molecule has 5 N–H and O–H groups in total. The van der Waals surface area contributed by atoms with Gasteiger partial charge in [-0.25, -0.2) is 4.79 Å². The molecule has 2 aromatic carbocycles. The van der Waals surface area contributed by atoms with E-state index >= 15 is 0 Å². The predicted molar refractivity (Wildman–Crippen MR) is 130 cm³/mol. The minimum absolute atomic E-state index is 0.173. The number of aromatic amines is 1. The molecular formula is C23H23Cl2N5O4. The largest absolute Gasteiger partial charge is 0.438 e. The van der Waals surface area contributed by atoms with Crippen LogP contribution in [0.1, 0.15) is 29.5 Å². The monoisotopic (exact) mass is 503 g/mol. The Morgan fingerprint density at radius 1 is 1.24 bits per heavy atom. The highest BCUT2D eigenvalue weighted by atomic mass is 35.5. The third-order valence-corrected chi connectivity index (χ3v) is 6.16. The summed E-state index contributed by atoms with van der Waals surface area (Å²) in [5.74, 6) is -0.247. The van der Waals surface area contributed by atoms with Crippen LogP contribution in [0.5, 0.6) is 0 Å². The van der Waals surface area contributed by atoms with Crippen LogP contribution in [0.2, 0.25) is 10.0 Å². The molecule has 11 heteroatoms. The van der Waals surface area contributed by atoms with Gasteiger partial charge in [0.25, 0.3) is 6.47 Å². The van der Waals surface area contributed by atoms with Gasteiger partial charge in [0.15, 0.2) is 0 Å². The zero-order valence-corrected chi connectivity index (χ0v) is 19.6. The molecular weight excluding hydrogens is 481 g/mol. The topological polar surface area (TPSA) is 130 Å². The number of H-pyrrole nitrogens is 1. The van der Waals surface area contributed by atoms with Crippen LogP contribution < -0.4 is 16.4 Å². The highest BCUT2D eigenvalue weighted by Gasteiger charge is 2.34. The summed E-state index contributed by atoms with van der Waals surface area (Å²) in [6.45, 7) is 1.07. The molecule has 178 valence electrons. The van der Waals surface area contributed by atoms with Gasteiger partial charge >= 0.3 is 6.03 Å². The summed E-state index contributed by atoms with van der Waals surface area (Å²) in [6, 6.07) is 10.1. The number of benzene rings is 2. The number of urea groups is 1. The van der Waals surface area contributed by atoms with Crippen molar-refractivity contribution in [2.24, 2.45) is 5.73 Å². The van der Waals surface area contributed by atoms with E-state index in [1.165, 1.54) is 4.90 Å². The number of aromatic nitrogens is 1. The molecule has 3 amide bonds. The van der Waals surface area contributed by atoms with Crippen molar-refractivity contribution in [1.29, 1.82) is 0 Å². The highest BCUT2D eigenvalue weighted by molar-refractivity contribution is 6.33. The number of nitrogens with two attached hydrogens (primary N) is 1. The maximum absolute atomic E-state index is 13.0. The third kappa shape index (κ3) is 4.96. The van der Waals surface area contributed by atoms with Gasteiger partial charge in [-0.3, -0.25) is 14.5 Å². The number of fused-ring (bicyclic) bond motifs is 3. The Hall–Kier alpha value is -3.27. The number of hydrogen-bond acceptors (Lipinski definition) is 5. The lowest BCUT2D eigenvalue weighted by molar-refractivity contribution is -0.142. The van der Waals surface area contributed by atoms with Crippen molar-refractivity contribution in [1.82, 2.24) is 15.2 Å². The zero-order valence-electron chi connectivity index (χ0n) is 18.1. The summed E-state index contributed by atoms with van der Waals surface area (Å²) in [5, 5.41) is 7.46. The van der Waals surface area contributed by atoms with Gasteiger partial charge in [-0.1, -0.05) is 29.3 Å². The maximum atomic E-state index is 13.0. The van der Waals surface area contributed by atoms with Gasteiger partial charge in [0, 0.05) is 42.0 Å². The minimum Gasteiger partial charge on any atom is -0.438 e. The van der Waals surface area contributed by atoms with Crippen molar-refractivity contribution in [3.8, 4) is 0 Å². The molecule has 0 spiro atoms. The smallest absolute Gasteiger partial charge is 0.320 e. The van der Waals surface area contributed by atoms with Gasteiger partial charge in [0.05, 0.1) is 16.4 Å². The van der Waals surface area contributed by atoms with Gasteiger partial charge in [-0.2, -0.15) is 0 Å². The lowest BCUT2D eigenvalue weighted by Crippen LogP contribution is -2.46. The quantitative estimate of drug-likeness (QED) is 0.365. The van der Waals surface area contributed by atoms with Gasteiger partial charge in [0.1, 0.15) is 0 Å². The van der Waals surface area contributed by atoms with E-state index in [0.717, 1.165) is 22.0 Å². The van der Waals surface area contributed by atoms with E-state index in [9.17, 15) is 14.4 Å². The van der Waals surface area contributed by atoms with Gasteiger partial charge in [0.2, 0.25) is 12.1 Å². The molecule has 1 aliphatic rings. The van der Waals surface area contributed by atoms with Crippen LogP contribution in [0.15, 0.2) is 36.4 Å². The van der Waals surface area contributed by atoms with E-state index in [4.69, 9.17) is 33.7 Å². The standard InChI is InChI=1S/C23H23Cl2N5O4/c24-14-2-4-18-16(10-14)15-6-8-30(22(34-12-31)21(15)29-18)23(33)27-11-13-1-3-17(25)19(9-13)28-20(32)5-7-26/h1-4,9-10,12,22,29H,5-8,11,26H2,(H,27,33)(H,28,32). The molecule has 3 aromatic rings. The van der Waals surface area contributed by atoms with Crippen molar-refractivity contribution >= 4 is 58.2 Å². The Balaban J connectivity index is 1.49. The highest BCUT2D eigenvalue weighted by Crippen LogP contribution is 2.36. The number of nitrogens with one attached hydrogen (secondary N) is 3. The van der Waals surface area contributed by atoms with E-state index in [1.807, 2.05) is 12.1 Å². The van der Waals surface area contributed by atoms with Crippen molar-refractivity contribution in [2.75, 3.05) is 18.4 Å². The molecule has 0 bridgehead atoms. The number of halogens is 2. The Morgan fingerprint density at radius 3 is 2.82 bits per heavy atom. The van der Waals surface area contributed by atoms with Crippen LogP contribution in [0, 0.1) is 0 Å². The second-order valence-corrected chi connectivity index (χ2v) is 8.64. The van der Waals surface area contributed by atoms with E-state index in [0.29, 0.717) is 40.9 Å². The fraction of sp³-hybridized carbons (Fsp3) is 0.261. The Morgan fingerprint density at radius 2 is 2.06 bits per heavy atom. The summed E-state index contributed by atoms with van der Waals surface area (Å²) in [7, 11) is 0. The summed E-state index contributed by atoms with van der Waals surface area (Å²) < 4.78 is 5.30. The average molecular weight is 504 g/mol. The molecule has 0 saturated carbocycles. The second kappa shape index (κ2) is 10.3. The van der Waals surface area contributed by atoms with Gasteiger partial charge in [-0.05, 0) is 47.9 Å². The van der Waals surface area contributed by atoms with E-state index in [2.05, 4.69) is 15.6 Å². The van der Waals surface area contributed by atoms with Gasteiger partial charge < -0.3 is 26.1 Å². The fourth-order valence-electron chi connectivity index (χ4n) is 4.03. The van der Waals surface area contributed by atoms with Crippen molar-refractivity contribution < 1.29 is 19.1 Å². The van der Waals surface area contributed by atoms with Crippen LogP contribution in [0.25, 0.3) is 10.9 Å². The zero-order chi connectivity index (χ0) is 24.2. The molecule has 0 aliphatic carbocycles. The number of hydrogen-bond donors (Lipinski definition) is 4. The lowest BCUT2D eigenvalue weighted by Gasteiger charge is -2.34. The number of rotatable bonds is 7. The van der Waals surface area contributed by atoms with Crippen LogP contribution in [0.3, 0.4) is 0 Å². The first-order valence-electron chi connectivity index (χ1n) is 10.6. The van der Waals surface area contributed by atoms with Crippen molar-refractivity contribution in [2.45, 2.75) is 25.6 Å². The number of nitrogens with zero attached hydrogens (tertiary/aromatic N) is 1. The number of anilines is 1. The SMILES string of the molecule is NCCC(=O)Nc1cc(CNC(=O)N2CCc3c([nH]c4ccc(Cl)cc34)C2OC=O)ccc1Cl. The first kappa shape index (κ1) is 23.9. The fourth-order valence-corrected chi connectivity index (χ4v) is 4.37. The average Bonchev–Trinajstić information content (AvgIpc) is 3.18. The minimum atomic E-state index is -0.899. The van der Waals surface area contributed by atoms with Crippen LogP contribution in [-0.4, -0.2) is 41.4 Å². The second-order valence-electron chi connectivity index (χ2n) is 7.79. The summed E-state index contributed by atoms with van der Waals surface area (Å²) in [4.78, 5) is 40.8. The maximum Gasteiger partial charge on any atom is 0.320 e. The number of amides is 3. The number of carbonyl (C=O) groups excluding carboxylic acids is 3. The molecule has 2 heterocycles. The first-order chi connectivity index (χ1) is 16.4. The lowest BCUT2D eigenvalue weighted by atomic mass is 10.0. The van der Waals surface area contributed by atoms with E-state index in [-0.39, 0.29) is 25.4 Å². The Bertz CT molecular complexity index is 1250. The summed E-state index contributed by atoms with van der Waals surface area (Å²) in [6.07, 6.45) is -0.157. The molecule has 0 fully saturated rings.